The van der Waals surface area contributed by atoms with Gasteiger partial charge in [-0.05, 0) is 36.8 Å². The summed E-state index contributed by atoms with van der Waals surface area (Å²) in [6.45, 7) is 5.61. The van der Waals surface area contributed by atoms with Gasteiger partial charge in [0.1, 0.15) is 0 Å². The Morgan fingerprint density at radius 1 is 0.839 bits per heavy atom. The van der Waals surface area contributed by atoms with Crippen LogP contribution in [0.25, 0.3) is 0 Å². The Bertz CT molecular complexity index is 801. The maximum absolute atomic E-state index is 13.0. The average Bonchev–Trinajstić information content (AvgIpc) is 3.21. The third-order valence-electron chi connectivity index (χ3n) is 7.02. The number of carbonyl (C=O) groups excluding carboxylic acids is 2. The number of anilines is 1. The molecule has 0 aliphatic carbocycles. The molecule has 9 heteroatoms. The zero-order chi connectivity index (χ0) is 21.8. The van der Waals surface area contributed by atoms with E-state index >= 15 is 0 Å². The van der Waals surface area contributed by atoms with Crippen LogP contribution in [0.15, 0.2) is 24.5 Å². The van der Waals surface area contributed by atoms with Crippen LogP contribution in [0.2, 0.25) is 0 Å². The Kier molecular flexibility index (Phi) is 6.29. The fourth-order valence-corrected chi connectivity index (χ4v) is 5.01. The smallest absolute Gasteiger partial charge is 0.320 e. The first kappa shape index (κ1) is 21.4. The minimum Gasteiger partial charge on any atom is -0.481 e. The summed E-state index contributed by atoms with van der Waals surface area (Å²) in [7, 11) is 0. The van der Waals surface area contributed by atoms with E-state index in [-0.39, 0.29) is 30.2 Å². The molecule has 31 heavy (non-hydrogen) atoms. The van der Waals surface area contributed by atoms with Crippen LogP contribution >= 0.6 is 0 Å². The van der Waals surface area contributed by atoms with Crippen LogP contribution < -0.4 is 4.90 Å². The number of piperidine rings is 1. The van der Waals surface area contributed by atoms with Gasteiger partial charge in [0.25, 0.3) is 0 Å². The first-order chi connectivity index (χ1) is 15.0. The van der Waals surface area contributed by atoms with Gasteiger partial charge in [0.15, 0.2) is 0 Å². The molecule has 0 radical (unpaired) electrons. The lowest BCUT2D eigenvalue weighted by Gasteiger charge is -2.42. The summed E-state index contributed by atoms with van der Waals surface area (Å²) in [6, 6.07) is 4.18. The fourth-order valence-electron chi connectivity index (χ4n) is 5.01. The van der Waals surface area contributed by atoms with E-state index in [4.69, 9.17) is 5.11 Å². The van der Waals surface area contributed by atoms with E-state index in [9.17, 15) is 14.4 Å². The van der Waals surface area contributed by atoms with E-state index in [1.165, 1.54) is 5.69 Å². The highest BCUT2D eigenvalue weighted by Crippen LogP contribution is 2.42. The number of amides is 3. The second kappa shape index (κ2) is 9.11. The summed E-state index contributed by atoms with van der Waals surface area (Å²) in [5, 5.41) is 8.73. The Balaban J connectivity index is 1.23. The zero-order valence-corrected chi connectivity index (χ0v) is 17.9. The number of carbonyl (C=O) groups is 3. The third kappa shape index (κ3) is 4.91. The van der Waals surface area contributed by atoms with Gasteiger partial charge in [-0.2, -0.15) is 0 Å². The van der Waals surface area contributed by atoms with Crippen molar-refractivity contribution in [2.24, 2.45) is 5.41 Å². The molecule has 4 heterocycles. The van der Waals surface area contributed by atoms with Gasteiger partial charge in [-0.3, -0.25) is 14.6 Å². The molecule has 3 amide bonds. The number of carboxylic acids is 1. The molecule has 1 N–H and O–H groups in total. The molecule has 0 bridgehead atoms. The van der Waals surface area contributed by atoms with Crippen molar-refractivity contribution >= 4 is 23.6 Å². The molecule has 1 aromatic heterocycles. The lowest BCUT2D eigenvalue weighted by molar-refractivity contribution is -0.141. The zero-order valence-electron chi connectivity index (χ0n) is 17.9. The van der Waals surface area contributed by atoms with Gasteiger partial charge in [0.2, 0.25) is 5.91 Å². The summed E-state index contributed by atoms with van der Waals surface area (Å²) in [4.78, 5) is 47.7. The van der Waals surface area contributed by atoms with Crippen LogP contribution in [0, 0.1) is 5.41 Å². The Labute approximate surface area is 182 Å². The van der Waals surface area contributed by atoms with Crippen molar-refractivity contribution in [1.82, 2.24) is 19.7 Å². The van der Waals surface area contributed by atoms with Crippen LogP contribution in [0.1, 0.15) is 32.1 Å². The van der Waals surface area contributed by atoms with Crippen molar-refractivity contribution in [3.63, 3.8) is 0 Å². The summed E-state index contributed by atoms with van der Waals surface area (Å²) in [6.07, 6.45) is 6.75. The lowest BCUT2D eigenvalue weighted by Crippen LogP contribution is -2.56. The predicted molar refractivity (Wildman–Crippen MR) is 115 cm³/mol. The van der Waals surface area contributed by atoms with E-state index in [2.05, 4.69) is 22.0 Å². The Morgan fingerprint density at radius 2 is 1.42 bits per heavy atom. The molecule has 0 unspecified atom stereocenters. The van der Waals surface area contributed by atoms with E-state index in [0.29, 0.717) is 26.2 Å². The van der Waals surface area contributed by atoms with E-state index in [1.807, 2.05) is 22.2 Å². The molecule has 3 saturated heterocycles. The van der Waals surface area contributed by atoms with Gasteiger partial charge < -0.3 is 24.7 Å². The molecule has 168 valence electrons. The number of nitrogens with zero attached hydrogens (tertiary/aromatic N) is 5. The predicted octanol–water partition coefficient (Wildman–Crippen LogP) is 1.50. The number of hydrogen-bond donors (Lipinski definition) is 1. The number of hydrogen-bond acceptors (Lipinski definition) is 5. The maximum atomic E-state index is 13.0. The van der Waals surface area contributed by atoms with Crippen LogP contribution in [-0.4, -0.2) is 95.1 Å². The number of piperazine rings is 1. The highest BCUT2D eigenvalue weighted by Gasteiger charge is 2.42. The van der Waals surface area contributed by atoms with Crippen molar-refractivity contribution in [1.29, 1.82) is 0 Å². The number of aromatic nitrogens is 1. The van der Waals surface area contributed by atoms with Crippen molar-refractivity contribution in [3.8, 4) is 0 Å². The van der Waals surface area contributed by atoms with Crippen molar-refractivity contribution in [2.75, 3.05) is 57.3 Å². The largest absolute Gasteiger partial charge is 0.481 e. The highest BCUT2D eigenvalue weighted by molar-refractivity contribution is 5.81. The second-order valence-corrected chi connectivity index (χ2v) is 8.91. The van der Waals surface area contributed by atoms with Gasteiger partial charge in [0, 0.05) is 76.9 Å². The Morgan fingerprint density at radius 3 is 2.06 bits per heavy atom. The van der Waals surface area contributed by atoms with Crippen molar-refractivity contribution < 1.29 is 19.5 Å². The van der Waals surface area contributed by atoms with Crippen LogP contribution in [0.5, 0.6) is 0 Å². The van der Waals surface area contributed by atoms with Crippen LogP contribution in [0.3, 0.4) is 0 Å². The quantitative estimate of drug-likeness (QED) is 0.779. The maximum Gasteiger partial charge on any atom is 0.320 e. The molecule has 1 spiro atoms. The van der Waals surface area contributed by atoms with E-state index in [0.717, 1.165) is 45.4 Å². The standard InChI is InChI=1S/C22H31N5O4/c28-19(1-2-20(29)30)24-13-15-26(16-14-24)21(31)25-10-5-22(6-11-25)7-12-27(17-22)18-3-8-23-9-4-18/h3-4,8-9H,1-2,5-7,10-17H2,(H,29,30). The number of urea groups is 1. The van der Waals surface area contributed by atoms with Gasteiger partial charge in [0.05, 0.1) is 6.42 Å². The topological polar surface area (TPSA) is 97.3 Å². The molecular formula is C22H31N5O4. The first-order valence-electron chi connectivity index (χ1n) is 11.1. The molecule has 3 fully saturated rings. The van der Waals surface area contributed by atoms with Crippen LogP contribution in [-0.2, 0) is 9.59 Å². The van der Waals surface area contributed by atoms with Gasteiger partial charge >= 0.3 is 12.0 Å². The summed E-state index contributed by atoms with van der Waals surface area (Å²) in [5.74, 6) is -1.11. The van der Waals surface area contributed by atoms with Crippen molar-refractivity contribution in [2.45, 2.75) is 32.1 Å². The molecule has 0 saturated carbocycles. The molecule has 1 aromatic rings. The number of rotatable bonds is 4. The highest BCUT2D eigenvalue weighted by atomic mass is 16.4. The number of likely N-dealkylation sites (tertiary alicyclic amines) is 1. The summed E-state index contributed by atoms with van der Waals surface area (Å²) >= 11 is 0. The van der Waals surface area contributed by atoms with Gasteiger partial charge in [-0.25, -0.2) is 4.79 Å². The molecule has 0 aromatic carbocycles. The molecular weight excluding hydrogens is 398 g/mol. The normalized spacial score (nSPS) is 20.9. The molecule has 4 rings (SSSR count). The molecule has 9 nitrogen and oxygen atoms in total. The number of carboxylic acid groups (broad SMARTS) is 1. The number of aliphatic carboxylic acids is 1. The van der Waals surface area contributed by atoms with E-state index in [1.54, 1.807) is 4.90 Å². The SMILES string of the molecule is O=C(O)CCC(=O)N1CCN(C(=O)N2CCC3(CC2)CCN(c2ccncc2)C3)CC1. The van der Waals surface area contributed by atoms with Crippen LogP contribution in [0.4, 0.5) is 10.5 Å². The fraction of sp³-hybridized carbons (Fsp3) is 0.636. The van der Waals surface area contributed by atoms with E-state index < -0.39 is 5.97 Å². The minimum absolute atomic E-state index is 0.0218. The third-order valence-corrected chi connectivity index (χ3v) is 7.02. The summed E-state index contributed by atoms with van der Waals surface area (Å²) < 4.78 is 0. The molecule has 3 aliphatic heterocycles. The monoisotopic (exact) mass is 429 g/mol. The van der Waals surface area contributed by atoms with Gasteiger partial charge in [-0.15, -0.1) is 0 Å². The first-order valence-corrected chi connectivity index (χ1v) is 11.1. The van der Waals surface area contributed by atoms with Crippen molar-refractivity contribution in [3.05, 3.63) is 24.5 Å². The number of pyridine rings is 1. The second-order valence-electron chi connectivity index (χ2n) is 8.91. The molecule has 0 atom stereocenters. The Hall–Kier alpha value is -2.84. The van der Waals surface area contributed by atoms with Gasteiger partial charge in [-0.1, -0.05) is 0 Å². The summed E-state index contributed by atoms with van der Waals surface area (Å²) in [5.41, 5.74) is 1.51. The molecule has 3 aliphatic rings. The average molecular weight is 430 g/mol. The minimum atomic E-state index is -0.962. The lowest BCUT2D eigenvalue weighted by atomic mass is 9.78.